The van der Waals surface area contributed by atoms with Gasteiger partial charge in [0.1, 0.15) is 5.75 Å². The van der Waals surface area contributed by atoms with E-state index >= 15 is 0 Å². The number of ether oxygens (including phenoxy) is 1. The average Bonchev–Trinajstić information content (AvgIpc) is 2.72. The van der Waals surface area contributed by atoms with Gasteiger partial charge in [-0.2, -0.15) is 0 Å². The molecule has 1 aliphatic rings. The van der Waals surface area contributed by atoms with E-state index in [1.54, 1.807) is 13.2 Å². The van der Waals surface area contributed by atoms with Crippen LogP contribution >= 0.6 is 0 Å². The normalized spacial score (nSPS) is 15.3. The van der Waals surface area contributed by atoms with E-state index in [1.807, 2.05) is 53.6 Å². The standard InChI is InChI=1S/C21H25N3O2/c1-26-20-8-5-18(6-9-20)7-10-21(25)24-16-14-23(15-17-24)13-11-19-4-2-3-12-22-19/h2-10,12H,11,13-17H2,1H3/b10-7+. The molecule has 0 aliphatic carbocycles. The summed E-state index contributed by atoms with van der Waals surface area (Å²) in [5.41, 5.74) is 2.11. The highest BCUT2D eigenvalue weighted by molar-refractivity contribution is 5.91. The monoisotopic (exact) mass is 351 g/mol. The number of hydrogen-bond acceptors (Lipinski definition) is 4. The van der Waals surface area contributed by atoms with Crippen LogP contribution in [-0.4, -0.2) is 60.5 Å². The van der Waals surface area contributed by atoms with E-state index in [9.17, 15) is 4.79 Å². The number of rotatable bonds is 6. The summed E-state index contributed by atoms with van der Waals surface area (Å²) in [6.45, 7) is 4.35. The summed E-state index contributed by atoms with van der Waals surface area (Å²) in [5, 5.41) is 0. The molecule has 1 fully saturated rings. The number of amides is 1. The number of carbonyl (C=O) groups excluding carboxylic acids is 1. The first-order valence-electron chi connectivity index (χ1n) is 8.98. The molecule has 1 amide bonds. The Bertz CT molecular complexity index is 721. The van der Waals surface area contributed by atoms with E-state index < -0.39 is 0 Å². The van der Waals surface area contributed by atoms with Gasteiger partial charge in [0, 0.05) is 57.1 Å². The molecule has 1 aromatic heterocycles. The van der Waals surface area contributed by atoms with Crippen molar-refractivity contribution in [2.75, 3.05) is 39.8 Å². The van der Waals surface area contributed by atoms with Gasteiger partial charge in [-0.3, -0.25) is 14.7 Å². The lowest BCUT2D eigenvalue weighted by atomic mass is 10.2. The lowest BCUT2D eigenvalue weighted by Crippen LogP contribution is -2.48. The fourth-order valence-corrected chi connectivity index (χ4v) is 3.00. The van der Waals surface area contributed by atoms with Crippen LogP contribution in [0.1, 0.15) is 11.3 Å². The molecular formula is C21H25N3O2. The van der Waals surface area contributed by atoms with Gasteiger partial charge in [0.05, 0.1) is 7.11 Å². The second-order valence-corrected chi connectivity index (χ2v) is 6.34. The van der Waals surface area contributed by atoms with Gasteiger partial charge in [0.25, 0.3) is 0 Å². The summed E-state index contributed by atoms with van der Waals surface area (Å²) in [5.74, 6) is 0.889. The van der Waals surface area contributed by atoms with E-state index in [-0.39, 0.29) is 5.91 Å². The maximum absolute atomic E-state index is 12.4. The molecule has 0 unspecified atom stereocenters. The minimum atomic E-state index is 0.0743. The Morgan fingerprint density at radius 2 is 1.88 bits per heavy atom. The fraction of sp³-hybridized carbons (Fsp3) is 0.333. The van der Waals surface area contributed by atoms with E-state index in [2.05, 4.69) is 16.0 Å². The highest BCUT2D eigenvalue weighted by Gasteiger charge is 2.19. The molecule has 0 atom stereocenters. The van der Waals surface area contributed by atoms with Crippen molar-refractivity contribution >= 4 is 12.0 Å². The van der Waals surface area contributed by atoms with Gasteiger partial charge in [0.2, 0.25) is 5.91 Å². The Kier molecular flexibility index (Phi) is 6.39. The third-order valence-electron chi connectivity index (χ3n) is 4.63. The van der Waals surface area contributed by atoms with Crippen molar-refractivity contribution in [2.24, 2.45) is 0 Å². The molecule has 3 rings (SSSR count). The second-order valence-electron chi connectivity index (χ2n) is 6.34. The molecule has 0 N–H and O–H groups in total. The zero-order chi connectivity index (χ0) is 18.2. The number of piperazine rings is 1. The van der Waals surface area contributed by atoms with Crippen LogP contribution in [0.5, 0.6) is 5.75 Å². The van der Waals surface area contributed by atoms with Crippen molar-refractivity contribution in [2.45, 2.75) is 6.42 Å². The Balaban J connectivity index is 1.43. The first-order valence-corrected chi connectivity index (χ1v) is 8.98. The predicted molar refractivity (Wildman–Crippen MR) is 103 cm³/mol. The number of benzene rings is 1. The Hall–Kier alpha value is -2.66. The fourth-order valence-electron chi connectivity index (χ4n) is 3.00. The minimum absolute atomic E-state index is 0.0743. The average molecular weight is 351 g/mol. The van der Waals surface area contributed by atoms with E-state index in [0.29, 0.717) is 0 Å². The molecule has 1 aromatic carbocycles. The summed E-state index contributed by atoms with van der Waals surface area (Å²) in [6, 6.07) is 13.7. The van der Waals surface area contributed by atoms with Crippen molar-refractivity contribution in [3.05, 3.63) is 66.0 Å². The zero-order valence-corrected chi connectivity index (χ0v) is 15.2. The molecule has 5 heteroatoms. The first kappa shape index (κ1) is 18.1. The molecule has 0 saturated carbocycles. The van der Waals surface area contributed by atoms with Gasteiger partial charge in [-0.25, -0.2) is 0 Å². The third kappa shape index (κ3) is 5.17. The zero-order valence-electron chi connectivity index (χ0n) is 15.2. The van der Waals surface area contributed by atoms with E-state index in [4.69, 9.17) is 4.74 Å². The highest BCUT2D eigenvalue weighted by atomic mass is 16.5. The maximum Gasteiger partial charge on any atom is 0.246 e. The minimum Gasteiger partial charge on any atom is -0.497 e. The van der Waals surface area contributed by atoms with Gasteiger partial charge in [-0.05, 0) is 35.9 Å². The quantitative estimate of drug-likeness (QED) is 0.750. The number of nitrogens with zero attached hydrogens (tertiary/aromatic N) is 3. The summed E-state index contributed by atoms with van der Waals surface area (Å²) in [7, 11) is 1.64. The van der Waals surface area contributed by atoms with Crippen molar-refractivity contribution in [1.29, 1.82) is 0 Å². The second kappa shape index (κ2) is 9.15. The van der Waals surface area contributed by atoms with Crippen molar-refractivity contribution in [1.82, 2.24) is 14.8 Å². The van der Waals surface area contributed by atoms with Crippen molar-refractivity contribution in [3.63, 3.8) is 0 Å². The maximum atomic E-state index is 12.4. The summed E-state index contributed by atoms with van der Waals surface area (Å²) < 4.78 is 5.14. The van der Waals surface area contributed by atoms with Gasteiger partial charge < -0.3 is 9.64 Å². The van der Waals surface area contributed by atoms with Gasteiger partial charge in [0.15, 0.2) is 0 Å². The van der Waals surface area contributed by atoms with Crippen LogP contribution in [0.4, 0.5) is 0 Å². The SMILES string of the molecule is COc1ccc(/C=C/C(=O)N2CCN(CCc3ccccn3)CC2)cc1. The smallest absolute Gasteiger partial charge is 0.246 e. The molecule has 5 nitrogen and oxygen atoms in total. The molecule has 26 heavy (non-hydrogen) atoms. The molecule has 0 spiro atoms. The van der Waals surface area contributed by atoms with Crippen LogP contribution in [0.25, 0.3) is 6.08 Å². The van der Waals surface area contributed by atoms with Crippen molar-refractivity contribution in [3.8, 4) is 5.75 Å². The van der Waals surface area contributed by atoms with Gasteiger partial charge in [-0.1, -0.05) is 18.2 Å². The third-order valence-corrected chi connectivity index (χ3v) is 4.63. The van der Waals surface area contributed by atoms with Crippen LogP contribution in [0.3, 0.4) is 0 Å². The number of carbonyl (C=O) groups is 1. The molecule has 2 heterocycles. The Labute approximate surface area is 154 Å². The Morgan fingerprint density at radius 3 is 2.54 bits per heavy atom. The summed E-state index contributed by atoms with van der Waals surface area (Å²) in [4.78, 5) is 21.0. The molecule has 1 saturated heterocycles. The molecule has 0 radical (unpaired) electrons. The largest absolute Gasteiger partial charge is 0.497 e. The van der Waals surface area contributed by atoms with E-state index in [0.717, 1.165) is 56.2 Å². The number of aromatic nitrogens is 1. The van der Waals surface area contributed by atoms with Gasteiger partial charge >= 0.3 is 0 Å². The van der Waals surface area contributed by atoms with Crippen LogP contribution in [-0.2, 0) is 11.2 Å². The number of pyridine rings is 1. The van der Waals surface area contributed by atoms with Crippen LogP contribution in [0.2, 0.25) is 0 Å². The lowest BCUT2D eigenvalue weighted by molar-refractivity contribution is -0.127. The van der Waals surface area contributed by atoms with Crippen LogP contribution in [0, 0.1) is 0 Å². The first-order chi connectivity index (χ1) is 12.7. The molecule has 136 valence electrons. The lowest BCUT2D eigenvalue weighted by Gasteiger charge is -2.34. The van der Waals surface area contributed by atoms with E-state index in [1.165, 1.54) is 0 Å². The number of hydrogen-bond donors (Lipinski definition) is 0. The van der Waals surface area contributed by atoms with Crippen LogP contribution in [0.15, 0.2) is 54.7 Å². The van der Waals surface area contributed by atoms with Crippen molar-refractivity contribution < 1.29 is 9.53 Å². The molecule has 2 aromatic rings. The Morgan fingerprint density at radius 1 is 1.12 bits per heavy atom. The summed E-state index contributed by atoms with van der Waals surface area (Å²) in [6.07, 6.45) is 6.30. The summed E-state index contributed by atoms with van der Waals surface area (Å²) >= 11 is 0. The van der Waals surface area contributed by atoms with Crippen LogP contribution < -0.4 is 4.74 Å². The molecular weight excluding hydrogens is 326 g/mol. The molecule has 0 bridgehead atoms. The topological polar surface area (TPSA) is 45.7 Å². The van der Waals surface area contributed by atoms with Gasteiger partial charge in [-0.15, -0.1) is 0 Å². The predicted octanol–water partition coefficient (Wildman–Crippen LogP) is 2.49. The highest BCUT2D eigenvalue weighted by Crippen LogP contribution is 2.13. The molecule has 1 aliphatic heterocycles. The number of methoxy groups -OCH3 is 1.